The number of hydrogen-bond acceptors (Lipinski definition) is 2. The first-order chi connectivity index (χ1) is 9.66. The van der Waals surface area contributed by atoms with E-state index in [-0.39, 0.29) is 17.6 Å². The molecule has 2 aromatic rings. The summed E-state index contributed by atoms with van der Waals surface area (Å²) in [5, 5.41) is 0. The van der Waals surface area contributed by atoms with Crippen molar-refractivity contribution >= 4 is 6.08 Å². The zero-order chi connectivity index (χ0) is 14.4. The van der Waals surface area contributed by atoms with Crippen molar-refractivity contribution in [3.63, 3.8) is 0 Å². The van der Waals surface area contributed by atoms with Gasteiger partial charge >= 0.3 is 0 Å². The zero-order valence-electron chi connectivity index (χ0n) is 11.4. The van der Waals surface area contributed by atoms with Crippen LogP contribution in [0.25, 0.3) is 6.08 Å². The summed E-state index contributed by atoms with van der Waals surface area (Å²) in [6.07, 6.45) is 3.79. The van der Waals surface area contributed by atoms with Crippen molar-refractivity contribution in [2.45, 2.75) is 13.0 Å². The van der Waals surface area contributed by atoms with E-state index in [2.05, 4.69) is 0 Å². The fraction of sp³-hybridized carbons (Fsp3) is 0.176. The van der Waals surface area contributed by atoms with E-state index in [0.29, 0.717) is 6.61 Å². The molecule has 2 nitrogen and oxygen atoms in total. The highest BCUT2D eigenvalue weighted by Crippen LogP contribution is 2.21. The van der Waals surface area contributed by atoms with Crippen LogP contribution in [0.2, 0.25) is 0 Å². The Morgan fingerprint density at radius 3 is 2.60 bits per heavy atom. The first-order valence-electron chi connectivity index (χ1n) is 6.56. The number of benzene rings is 2. The second-order valence-electron chi connectivity index (χ2n) is 4.60. The standard InChI is InChI=1S/C17H18FNO/c1-13(19)15-9-10-17(16(18)12-15)20-11-5-8-14-6-3-2-4-7-14/h2-10,12-13H,11,19H2,1H3/b8-5+/t13-/m0/s1. The molecule has 0 amide bonds. The highest BCUT2D eigenvalue weighted by Gasteiger charge is 2.06. The summed E-state index contributed by atoms with van der Waals surface area (Å²) in [5.41, 5.74) is 7.55. The van der Waals surface area contributed by atoms with Crippen LogP contribution in [0, 0.1) is 5.82 Å². The SMILES string of the molecule is C[C@H](N)c1ccc(OC/C=C/c2ccccc2)c(F)c1. The van der Waals surface area contributed by atoms with Crippen LogP contribution in [0.15, 0.2) is 54.6 Å². The Hall–Kier alpha value is -2.13. The van der Waals surface area contributed by atoms with E-state index in [9.17, 15) is 4.39 Å². The van der Waals surface area contributed by atoms with Crippen LogP contribution in [-0.2, 0) is 0 Å². The van der Waals surface area contributed by atoms with Gasteiger partial charge in [0.2, 0.25) is 0 Å². The van der Waals surface area contributed by atoms with Gasteiger partial charge in [0, 0.05) is 6.04 Å². The Morgan fingerprint density at radius 2 is 1.95 bits per heavy atom. The monoisotopic (exact) mass is 271 g/mol. The third kappa shape index (κ3) is 3.93. The van der Waals surface area contributed by atoms with Gasteiger partial charge < -0.3 is 10.5 Å². The van der Waals surface area contributed by atoms with Gasteiger partial charge in [0.1, 0.15) is 6.61 Å². The molecule has 3 heteroatoms. The van der Waals surface area contributed by atoms with Gasteiger partial charge in [0.25, 0.3) is 0 Å². The molecule has 0 saturated heterocycles. The van der Waals surface area contributed by atoms with E-state index in [4.69, 9.17) is 10.5 Å². The molecule has 20 heavy (non-hydrogen) atoms. The van der Waals surface area contributed by atoms with Crippen LogP contribution in [0.3, 0.4) is 0 Å². The van der Waals surface area contributed by atoms with E-state index in [0.717, 1.165) is 11.1 Å². The fourth-order valence-corrected chi connectivity index (χ4v) is 1.80. The molecule has 0 aliphatic carbocycles. The quantitative estimate of drug-likeness (QED) is 0.894. The maximum atomic E-state index is 13.8. The fourth-order valence-electron chi connectivity index (χ4n) is 1.80. The summed E-state index contributed by atoms with van der Waals surface area (Å²) in [4.78, 5) is 0. The van der Waals surface area contributed by atoms with Crippen molar-refractivity contribution in [3.8, 4) is 5.75 Å². The molecule has 0 aromatic heterocycles. The van der Waals surface area contributed by atoms with Gasteiger partial charge in [0.15, 0.2) is 11.6 Å². The minimum Gasteiger partial charge on any atom is -0.486 e. The molecule has 0 aliphatic rings. The summed E-state index contributed by atoms with van der Waals surface area (Å²) >= 11 is 0. The Morgan fingerprint density at radius 1 is 1.20 bits per heavy atom. The summed E-state index contributed by atoms with van der Waals surface area (Å²) in [5.74, 6) is -0.139. The molecule has 0 radical (unpaired) electrons. The van der Waals surface area contributed by atoms with Crippen LogP contribution in [0.4, 0.5) is 4.39 Å². The average Bonchev–Trinajstić information content (AvgIpc) is 2.46. The second-order valence-corrected chi connectivity index (χ2v) is 4.60. The molecule has 0 bridgehead atoms. The Bertz CT molecular complexity index is 579. The Balaban J connectivity index is 1.93. The minimum absolute atomic E-state index is 0.184. The van der Waals surface area contributed by atoms with Crippen LogP contribution >= 0.6 is 0 Å². The molecule has 2 N–H and O–H groups in total. The third-order valence-corrected chi connectivity index (χ3v) is 2.93. The van der Waals surface area contributed by atoms with Gasteiger partial charge in [-0.2, -0.15) is 0 Å². The lowest BCUT2D eigenvalue weighted by atomic mass is 10.1. The van der Waals surface area contributed by atoms with Gasteiger partial charge in [-0.1, -0.05) is 42.5 Å². The number of halogens is 1. The van der Waals surface area contributed by atoms with Crippen molar-refractivity contribution in [2.75, 3.05) is 6.61 Å². The minimum atomic E-state index is -0.382. The molecule has 0 unspecified atom stereocenters. The highest BCUT2D eigenvalue weighted by molar-refractivity contribution is 5.48. The van der Waals surface area contributed by atoms with Gasteiger partial charge in [-0.05, 0) is 36.3 Å². The number of nitrogens with two attached hydrogens (primary N) is 1. The molecule has 0 heterocycles. The van der Waals surface area contributed by atoms with Crippen molar-refractivity contribution in [2.24, 2.45) is 5.73 Å². The molecule has 2 aromatic carbocycles. The maximum Gasteiger partial charge on any atom is 0.165 e. The van der Waals surface area contributed by atoms with E-state index in [1.165, 1.54) is 6.07 Å². The van der Waals surface area contributed by atoms with E-state index in [1.807, 2.05) is 49.4 Å². The number of hydrogen-bond donors (Lipinski definition) is 1. The van der Waals surface area contributed by atoms with Gasteiger partial charge in [-0.15, -0.1) is 0 Å². The normalized spacial score (nSPS) is 12.6. The largest absolute Gasteiger partial charge is 0.486 e. The topological polar surface area (TPSA) is 35.2 Å². The van der Waals surface area contributed by atoms with Crippen molar-refractivity contribution < 1.29 is 9.13 Å². The molecule has 104 valence electrons. The molecule has 0 aliphatic heterocycles. The lowest BCUT2D eigenvalue weighted by Gasteiger charge is -2.09. The van der Waals surface area contributed by atoms with E-state index < -0.39 is 0 Å². The first-order valence-corrected chi connectivity index (χ1v) is 6.56. The summed E-state index contributed by atoms with van der Waals surface area (Å²) in [6.45, 7) is 2.14. The smallest absolute Gasteiger partial charge is 0.165 e. The van der Waals surface area contributed by atoms with Crippen LogP contribution in [0.1, 0.15) is 24.1 Å². The number of ether oxygens (including phenoxy) is 1. The average molecular weight is 271 g/mol. The summed E-state index contributed by atoms with van der Waals surface area (Å²) in [6, 6.07) is 14.5. The van der Waals surface area contributed by atoms with Gasteiger partial charge in [-0.3, -0.25) is 0 Å². The molecule has 2 rings (SSSR count). The van der Waals surface area contributed by atoms with Gasteiger partial charge in [0.05, 0.1) is 0 Å². The zero-order valence-corrected chi connectivity index (χ0v) is 11.4. The van der Waals surface area contributed by atoms with Crippen molar-refractivity contribution in [1.82, 2.24) is 0 Å². The summed E-state index contributed by atoms with van der Waals surface area (Å²) < 4.78 is 19.1. The Labute approximate surface area is 118 Å². The van der Waals surface area contributed by atoms with Crippen LogP contribution in [-0.4, -0.2) is 6.61 Å². The van der Waals surface area contributed by atoms with E-state index in [1.54, 1.807) is 12.1 Å². The Kier molecular flexibility index (Phi) is 4.91. The molecular formula is C17H18FNO. The molecule has 0 saturated carbocycles. The third-order valence-electron chi connectivity index (χ3n) is 2.93. The first kappa shape index (κ1) is 14.3. The lowest BCUT2D eigenvalue weighted by molar-refractivity contribution is 0.342. The van der Waals surface area contributed by atoms with Crippen molar-refractivity contribution in [3.05, 3.63) is 71.6 Å². The predicted molar refractivity (Wildman–Crippen MR) is 80.0 cm³/mol. The maximum absolute atomic E-state index is 13.8. The molecule has 1 atom stereocenters. The predicted octanol–water partition coefficient (Wildman–Crippen LogP) is 3.94. The number of rotatable bonds is 5. The van der Waals surface area contributed by atoms with Crippen LogP contribution < -0.4 is 10.5 Å². The second kappa shape index (κ2) is 6.87. The highest BCUT2D eigenvalue weighted by atomic mass is 19.1. The van der Waals surface area contributed by atoms with Crippen LogP contribution in [0.5, 0.6) is 5.75 Å². The van der Waals surface area contributed by atoms with E-state index >= 15 is 0 Å². The van der Waals surface area contributed by atoms with Gasteiger partial charge in [-0.25, -0.2) is 4.39 Å². The van der Waals surface area contributed by atoms with Crippen molar-refractivity contribution in [1.29, 1.82) is 0 Å². The molecule has 0 spiro atoms. The summed E-state index contributed by atoms with van der Waals surface area (Å²) in [7, 11) is 0. The molecule has 0 fully saturated rings. The molecular weight excluding hydrogens is 253 g/mol. The lowest BCUT2D eigenvalue weighted by Crippen LogP contribution is -2.05.